The fourth-order valence-electron chi connectivity index (χ4n) is 3.06. The molecule has 3 aromatic heterocycles. The van der Waals surface area contributed by atoms with Crippen molar-refractivity contribution in [1.29, 1.82) is 0 Å². The van der Waals surface area contributed by atoms with Crippen LogP contribution in [0.5, 0.6) is 0 Å². The number of aromatic nitrogens is 5. The van der Waals surface area contributed by atoms with Crippen molar-refractivity contribution in [3.63, 3.8) is 0 Å². The molecule has 0 bridgehead atoms. The molecular weight excluding hydrogens is 464 g/mol. The predicted octanol–water partition coefficient (Wildman–Crippen LogP) is 2.15. The van der Waals surface area contributed by atoms with Crippen molar-refractivity contribution >= 4 is 16.0 Å². The van der Waals surface area contributed by atoms with Gasteiger partial charge in [0.2, 0.25) is 0 Å². The van der Waals surface area contributed by atoms with Gasteiger partial charge in [0.05, 0.1) is 6.42 Å². The van der Waals surface area contributed by atoms with E-state index in [1.165, 1.54) is 6.20 Å². The second kappa shape index (κ2) is 9.57. The molecule has 0 saturated carbocycles. The Morgan fingerprint density at radius 2 is 1.94 bits per heavy atom. The molecule has 0 atom stereocenters. The first kappa shape index (κ1) is 23.3. The Bertz CT molecular complexity index is 1390. The molecule has 0 radical (unpaired) electrons. The first-order valence-electron chi connectivity index (χ1n) is 10.2. The van der Waals surface area contributed by atoms with Crippen LogP contribution in [0.15, 0.2) is 50.5 Å². The van der Waals surface area contributed by atoms with E-state index in [0.717, 1.165) is 5.56 Å². The van der Waals surface area contributed by atoms with E-state index in [1.54, 1.807) is 25.5 Å². The highest BCUT2D eigenvalue weighted by Crippen LogP contribution is 2.33. The van der Waals surface area contributed by atoms with Crippen molar-refractivity contribution in [2.24, 2.45) is 7.05 Å². The number of nitrogens with one attached hydrogen (secondary N) is 1. The smallest absolute Gasteiger partial charge is 0.307 e. The summed E-state index contributed by atoms with van der Waals surface area (Å²) in [6.45, 7) is 3.01. The summed E-state index contributed by atoms with van der Waals surface area (Å²) in [4.78, 5) is 16.0. The maximum Gasteiger partial charge on any atom is 0.307 e. The summed E-state index contributed by atoms with van der Waals surface area (Å²) in [5.74, 6) is 0.679. The zero-order chi connectivity index (χ0) is 24.3. The first-order chi connectivity index (χ1) is 16.2. The molecule has 0 amide bonds. The molecule has 13 heteroatoms. The third-order valence-electron chi connectivity index (χ3n) is 4.93. The molecule has 178 valence electrons. The number of benzene rings is 1. The molecule has 0 unspecified atom stereocenters. The second-order valence-corrected chi connectivity index (χ2v) is 9.09. The highest BCUT2D eigenvalue weighted by Gasteiger charge is 2.22. The number of ether oxygens (including phenoxy) is 1. The second-order valence-electron chi connectivity index (χ2n) is 7.38. The Labute approximate surface area is 195 Å². The molecule has 4 rings (SSSR count). The molecule has 0 fully saturated rings. The van der Waals surface area contributed by atoms with E-state index in [2.05, 4.69) is 25.1 Å². The fourth-order valence-corrected chi connectivity index (χ4v) is 4.13. The molecule has 12 nitrogen and oxygen atoms in total. The van der Waals surface area contributed by atoms with E-state index < -0.39 is 16.0 Å². The van der Waals surface area contributed by atoms with Crippen molar-refractivity contribution in [2.45, 2.75) is 31.9 Å². The van der Waals surface area contributed by atoms with Gasteiger partial charge in [0, 0.05) is 25.4 Å². The van der Waals surface area contributed by atoms with Crippen molar-refractivity contribution in [3.8, 4) is 22.7 Å². The van der Waals surface area contributed by atoms with E-state index in [9.17, 15) is 13.2 Å². The van der Waals surface area contributed by atoms with Crippen LogP contribution in [0.3, 0.4) is 0 Å². The number of carbonyl (C=O) groups is 1. The van der Waals surface area contributed by atoms with Gasteiger partial charge in [-0.3, -0.25) is 4.79 Å². The lowest BCUT2D eigenvalue weighted by molar-refractivity contribution is -0.145. The predicted molar refractivity (Wildman–Crippen MR) is 118 cm³/mol. The fraction of sp³-hybridized carbons (Fsp3) is 0.286. The molecule has 1 aromatic carbocycles. The molecule has 0 aliphatic carbocycles. The molecule has 0 aliphatic heterocycles. The number of imidazole rings is 1. The molecular formula is C21H22N6O6S. The van der Waals surface area contributed by atoms with E-state index in [-0.39, 0.29) is 36.4 Å². The lowest BCUT2D eigenvalue weighted by Crippen LogP contribution is -2.27. The zero-order valence-corrected chi connectivity index (χ0v) is 19.5. The lowest BCUT2D eigenvalue weighted by atomic mass is 10.1. The Kier molecular flexibility index (Phi) is 6.56. The Morgan fingerprint density at radius 3 is 2.65 bits per heavy atom. The average molecular weight is 487 g/mol. The van der Waals surface area contributed by atoms with Crippen molar-refractivity contribution in [1.82, 2.24) is 29.6 Å². The maximum atomic E-state index is 12.2. The van der Waals surface area contributed by atoms with Gasteiger partial charge in [-0.05, 0) is 13.8 Å². The third kappa shape index (κ3) is 5.05. The number of esters is 1. The van der Waals surface area contributed by atoms with Crippen molar-refractivity contribution in [2.75, 3.05) is 6.54 Å². The summed E-state index contributed by atoms with van der Waals surface area (Å²) in [6, 6.07) is 9.39. The summed E-state index contributed by atoms with van der Waals surface area (Å²) >= 11 is 0. The van der Waals surface area contributed by atoms with Crippen LogP contribution >= 0.6 is 0 Å². The average Bonchev–Trinajstić information content (AvgIpc) is 3.52. The number of nitrogens with zero attached hydrogens (tertiary/aromatic N) is 5. The van der Waals surface area contributed by atoms with Crippen LogP contribution < -0.4 is 4.72 Å². The van der Waals surface area contributed by atoms with Gasteiger partial charge in [0.15, 0.2) is 11.6 Å². The number of hydrogen-bond donors (Lipinski definition) is 1. The minimum absolute atomic E-state index is 0.0764. The molecule has 0 aliphatic rings. The van der Waals surface area contributed by atoms with Crippen LogP contribution in [0.1, 0.15) is 23.9 Å². The van der Waals surface area contributed by atoms with Crippen LogP contribution in [0.2, 0.25) is 0 Å². The Balaban J connectivity index is 1.32. The van der Waals surface area contributed by atoms with E-state index in [4.69, 9.17) is 13.7 Å². The van der Waals surface area contributed by atoms with Crippen LogP contribution in [0.4, 0.5) is 0 Å². The van der Waals surface area contributed by atoms with E-state index >= 15 is 0 Å². The van der Waals surface area contributed by atoms with Gasteiger partial charge in [-0.2, -0.15) is 0 Å². The van der Waals surface area contributed by atoms with Gasteiger partial charge in [-0.1, -0.05) is 35.5 Å². The molecule has 0 saturated heterocycles. The third-order valence-corrected chi connectivity index (χ3v) is 6.26. The molecule has 3 heterocycles. The minimum atomic E-state index is -3.82. The van der Waals surface area contributed by atoms with E-state index in [1.807, 2.05) is 30.3 Å². The largest absolute Gasteiger partial charge is 0.456 e. The van der Waals surface area contributed by atoms with E-state index in [0.29, 0.717) is 22.8 Å². The lowest BCUT2D eigenvalue weighted by Gasteiger charge is -2.04. The van der Waals surface area contributed by atoms with Crippen molar-refractivity contribution in [3.05, 3.63) is 54.0 Å². The summed E-state index contributed by atoms with van der Waals surface area (Å²) < 4.78 is 44.5. The number of hydrogen-bond acceptors (Lipinski definition) is 10. The Hall–Kier alpha value is -3.84. The van der Waals surface area contributed by atoms with Crippen LogP contribution in [0.25, 0.3) is 22.7 Å². The van der Waals surface area contributed by atoms with Gasteiger partial charge in [-0.25, -0.2) is 18.1 Å². The normalized spacial score (nSPS) is 11.6. The Morgan fingerprint density at radius 1 is 1.18 bits per heavy atom. The monoisotopic (exact) mass is 486 g/mol. The van der Waals surface area contributed by atoms with Gasteiger partial charge in [0.1, 0.15) is 22.8 Å². The number of carbonyl (C=O) groups excluding carboxylic acids is 1. The van der Waals surface area contributed by atoms with Gasteiger partial charge in [0.25, 0.3) is 21.8 Å². The maximum absolute atomic E-state index is 12.2. The number of aryl methyl sites for hydroxylation is 3. The van der Waals surface area contributed by atoms with Crippen LogP contribution in [-0.2, 0) is 33.2 Å². The quantitative estimate of drug-likeness (QED) is 0.348. The van der Waals surface area contributed by atoms with Gasteiger partial charge in [-0.15, -0.1) is 10.2 Å². The number of sulfonamides is 1. The van der Waals surface area contributed by atoms with Crippen LogP contribution in [-0.4, -0.2) is 45.8 Å². The highest BCUT2D eigenvalue weighted by molar-refractivity contribution is 7.89. The summed E-state index contributed by atoms with van der Waals surface area (Å²) in [5.41, 5.74) is 1.93. The van der Waals surface area contributed by atoms with Gasteiger partial charge < -0.3 is 18.2 Å². The van der Waals surface area contributed by atoms with Crippen LogP contribution in [0, 0.1) is 13.8 Å². The number of rotatable bonds is 9. The molecule has 4 aromatic rings. The van der Waals surface area contributed by atoms with Gasteiger partial charge >= 0.3 is 5.97 Å². The summed E-state index contributed by atoms with van der Waals surface area (Å²) in [6.07, 6.45) is 1.21. The summed E-state index contributed by atoms with van der Waals surface area (Å²) in [5, 5.41) is 11.9. The first-order valence-corrected chi connectivity index (χ1v) is 11.7. The zero-order valence-electron chi connectivity index (χ0n) is 18.7. The van der Waals surface area contributed by atoms with Crippen molar-refractivity contribution < 1.29 is 26.9 Å². The summed E-state index contributed by atoms with van der Waals surface area (Å²) in [7, 11) is -2.13. The topological polar surface area (TPSA) is 155 Å². The SMILES string of the molecule is Cc1onc(-c2ccccc2)c1-c1nnc(COC(=O)CCNS(=O)(=O)c2cn(C)c(C)n2)o1. The molecule has 0 spiro atoms. The highest BCUT2D eigenvalue weighted by atomic mass is 32.2. The minimum Gasteiger partial charge on any atom is -0.456 e. The standard InChI is InChI=1S/C21H22N6O6S/c1-13-19(20(26-33-13)15-7-5-4-6-8-15)21-25-24-16(32-21)12-31-18(28)9-10-22-34(29,30)17-11-27(3)14(2)23-17/h4-8,11,22H,9-10,12H2,1-3H3. The molecule has 34 heavy (non-hydrogen) atoms. The molecule has 1 N–H and O–H groups in total.